The number of nitrogens with one attached hydrogen (secondary N) is 1. The molecule has 0 unspecified atom stereocenters. The lowest BCUT2D eigenvalue weighted by atomic mass is 10.1. The van der Waals surface area contributed by atoms with Crippen molar-refractivity contribution in [3.05, 3.63) is 71.1 Å². The number of nitrogens with zero attached hydrogens (tertiary/aromatic N) is 5. The van der Waals surface area contributed by atoms with Crippen molar-refractivity contribution in [3.63, 3.8) is 0 Å². The molecule has 1 aromatic heterocycles. The Bertz CT molecular complexity index is 1210. The third-order valence-electron chi connectivity index (χ3n) is 6.27. The third-order valence-corrected chi connectivity index (χ3v) is 6.27. The zero-order chi connectivity index (χ0) is 24.4. The van der Waals surface area contributed by atoms with Crippen LogP contribution in [0.2, 0.25) is 0 Å². The number of carbonyl (C=O) groups is 3. The number of urea groups is 1. The summed E-state index contributed by atoms with van der Waals surface area (Å²) in [6.07, 6.45) is 0. The second-order valence-corrected chi connectivity index (χ2v) is 8.78. The van der Waals surface area contributed by atoms with Crippen LogP contribution in [0.3, 0.4) is 0 Å². The molecule has 2 aliphatic heterocycles. The molecule has 1 N–H and O–H groups in total. The predicted octanol–water partition coefficient (Wildman–Crippen LogP) is 2.05. The summed E-state index contributed by atoms with van der Waals surface area (Å²) in [5.74, 6) is 0.846. The number of hydrogen-bond acceptors (Lipinski definition) is 7. The summed E-state index contributed by atoms with van der Waals surface area (Å²) in [6, 6.07) is 14.6. The highest BCUT2D eigenvalue weighted by Crippen LogP contribution is 2.18. The molecule has 0 radical (unpaired) electrons. The van der Waals surface area contributed by atoms with Crippen molar-refractivity contribution in [2.24, 2.45) is 0 Å². The number of amides is 4. The van der Waals surface area contributed by atoms with E-state index in [0.717, 1.165) is 11.1 Å². The first-order valence-electron chi connectivity index (χ1n) is 11.5. The summed E-state index contributed by atoms with van der Waals surface area (Å²) in [7, 11) is 0. The van der Waals surface area contributed by atoms with E-state index in [-0.39, 0.29) is 30.9 Å². The summed E-state index contributed by atoms with van der Waals surface area (Å²) in [6.45, 7) is 5.41. The van der Waals surface area contributed by atoms with E-state index in [4.69, 9.17) is 4.52 Å². The van der Waals surface area contributed by atoms with E-state index < -0.39 is 0 Å². The van der Waals surface area contributed by atoms with Gasteiger partial charge >= 0.3 is 6.03 Å². The fourth-order valence-corrected chi connectivity index (χ4v) is 4.17. The van der Waals surface area contributed by atoms with Gasteiger partial charge < -0.3 is 14.7 Å². The van der Waals surface area contributed by atoms with Gasteiger partial charge in [0.25, 0.3) is 5.91 Å². The second-order valence-electron chi connectivity index (χ2n) is 8.78. The predicted molar refractivity (Wildman–Crippen MR) is 126 cm³/mol. The lowest BCUT2D eigenvalue weighted by Gasteiger charge is -2.34. The van der Waals surface area contributed by atoms with Gasteiger partial charge in [-0.15, -0.1) is 0 Å². The number of benzene rings is 2. The third kappa shape index (κ3) is 5.07. The van der Waals surface area contributed by atoms with Gasteiger partial charge in [0.05, 0.1) is 19.6 Å². The Morgan fingerprint density at radius 2 is 1.69 bits per heavy atom. The SMILES string of the molecule is Cc1ccc(-c2noc(CN3CCN(C(=O)c4ccc(CN5C(=O)CNC5=O)cc4)CC3)n2)cc1. The maximum atomic E-state index is 12.9. The minimum absolute atomic E-state index is 0.0296. The van der Waals surface area contributed by atoms with Crippen molar-refractivity contribution in [2.45, 2.75) is 20.0 Å². The summed E-state index contributed by atoms with van der Waals surface area (Å²) >= 11 is 0. The van der Waals surface area contributed by atoms with Crippen LogP contribution in [0.4, 0.5) is 4.79 Å². The molecule has 3 heterocycles. The average molecular weight is 475 g/mol. The van der Waals surface area contributed by atoms with Gasteiger partial charge in [0.2, 0.25) is 17.6 Å². The number of aryl methyl sites for hydroxylation is 1. The van der Waals surface area contributed by atoms with E-state index in [1.807, 2.05) is 36.1 Å². The molecule has 2 fully saturated rings. The van der Waals surface area contributed by atoms with E-state index in [1.165, 1.54) is 10.5 Å². The molecule has 0 atom stereocenters. The van der Waals surface area contributed by atoms with Crippen LogP contribution in [0.5, 0.6) is 0 Å². The minimum atomic E-state index is -0.389. The van der Waals surface area contributed by atoms with Gasteiger partial charge in [-0.25, -0.2) is 4.79 Å². The normalized spacial score (nSPS) is 16.6. The topological polar surface area (TPSA) is 112 Å². The number of hydrogen-bond donors (Lipinski definition) is 1. The van der Waals surface area contributed by atoms with Crippen LogP contribution in [-0.4, -0.2) is 75.4 Å². The molecule has 5 rings (SSSR count). The highest BCUT2D eigenvalue weighted by Gasteiger charge is 2.28. The largest absolute Gasteiger partial charge is 0.338 e. The lowest BCUT2D eigenvalue weighted by molar-refractivity contribution is -0.125. The molecule has 2 aliphatic rings. The van der Waals surface area contributed by atoms with E-state index in [2.05, 4.69) is 20.4 Å². The van der Waals surface area contributed by atoms with Crippen molar-refractivity contribution in [3.8, 4) is 11.4 Å². The summed E-state index contributed by atoms with van der Waals surface area (Å²) in [5.41, 5.74) is 3.47. The molecule has 35 heavy (non-hydrogen) atoms. The average Bonchev–Trinajstić information content (AvgIpc) is 3.47. The second kappa shape index (κ2) is 9.67. The molecular formula is C25H26N6O4. The van der Waals surface area contributed by atoms with Gasteiger partial charge in [0.1, 0.15) is 0 Å². The van der Waals surface area contributed by atoms with Crippen LogP contribution in [0.15, 0.2) is 53.1 Å². The number of piperazine rings is 1. The standard InChI is InChI=1S/C25H26N6O4/c1-17-2-6-19(7-3-17)23-27-21(35-28-23)16-29-10-12-30(13-11-29)24(33)20-8-4-18(5-9-20)15-31-22(32)14-26-25(31)34/h2-9H,10-16H2,1H3,(H,26,34). The lowest BCUT2D eigenvalue weighted by Crippen LogP contribution is -2.48. The fraction of sp³-hybridized carbons (Fsp3) is 0.320. The Labute approximate surface area is 202 Å². The van der Waals surface area contributed by atoms with Crippen molar-refractivity contribution in [1.29, 1.82) is 0 Å². The number of imide groups is 1. The number of rotatable bonds is 6. The molecule has 0 aliphatic carbocycles. The first-order chi connectivity index (χ1) is 17.0. The smallest absolute Gasteiger partial charge is 0.324 e. The van der Waals surface area contributed by atoms with E-state index >= 15 is 0 Å². The number of aromatic nitrogens is 2. The highest BCUT2D eigenvalue weighted by atomic mass is 16.5. The van der Waals surface area contributed by atoms with Crippen molar-refractivity contribution in [2.75, 3.05) is 32.7 Å². The maximum Gasteiger partial charge on any atom is 0.324 e. The molecule has 10 nitrogen and oxygen atoms in total. The fourth-order valence-electron chi connectivity index (χ4n) is 4.17. The van der Waals surface area contributed by atoms with E-state index in [9.17, 15) is 14.4 Å². The van der Waals surface area contributed by atoms with E-state index in [0.29, 0.717) is 50.0 Å². The maximum absolute atomic E-state index is 12.9. The molecule has 180 valence electrons. The Morgan fingerprint density at radius 3 is 2.34 bits per heavy atom. The van der Waals surface area contributed by atoms with E-state index in [1.54, 1.807) is 24.3 Å². The van der Waals surface area contributed by atoms with Crippen LogP contribution < -0.4 is 5.32 Å². The Morgan fingerprint density at radius 1 is 0.971 bits per heavy atom. The summed E-state index contributed by atoms with van der Waals surface area (Å²) < 4.78 is 5.43. The van der Waals surface area contributed by atoms with Crippen molar-refractivity contribution in [1.82, 2.24) is 30.2 Å². The quantitative estimate of drug-likeness (QED) is 0.544. The van der Waals surface area contributed by atoms with Gasteiger partial charge in [-0.1, -0.05) is 47.1 Å². The van der Waals surface area contributed by atoms with Gasteiger partial charge in [-0.05, 0) is 24.6 Å². The summed E-state index contributed by atoms with van der Waals surface area (Å²) in [4.78, 5) is 46.1. The van der Waals surface area contributed by atoms with Crippen molar-refractivity contribution >= 4 is 17.8 Å². The van der Waals surface area contributed by atoms with Crippen molar-refractivity contribution < 1.29 is 18.9 Å². The van der Waals surface area contributed by atoms with Gasteiger partial charge in [0.15, 0.2) is 0 Å². The molecule has 0 spiro atoms. The molecule has 0 saturated carbocycles. The first-order valence-corrected chi connectivity index (χ1v) is 11.5. The Balaban J connectivity index is 1.13. The molecular weight excluding hydrogens is 448 g/mol. The van der Waals surface area contributed by atoms with Crippen LogP contribution >= 0.6 is 0 Å². The molecule has 0 bridgehead atoms. The zero-order valence-corrected chi connectivity index (χ0v) is 19.4. The number of carbonyl (C=O) groups excluding carboxylic acids is 3. The van der Waals surface area contributed by atoms with Gasteiger partial charge in [0, 0.05) is 37.3 Å². The molecule has 10 heteroatoms. The highest BCUT2D eigenvalue weighted by molar-refractivity contribution is 6.01. The van der Waals surface area contributed by atoms with Crippen LogP contribution in [-0.2, 0) is 17.9 Å². The molecule has 4 amide bonds. The summed E-state index contributed by atoms with van der Waals surface area (Å²) in [5, 5.41) is 6.59. The molecule has 3 aromatic rings. The Kier molecular flexibility index (Phi) is 6.28. The van der Waals surface area contributed by atoms with Crippen LogP contribution in [0.1, 0.15) is 27.4 Å². The monoisotopic (exact) mass is 474 g/mol. The first kappa shape index (κ1) is 22.7. The van der Waals surface area contributed by atoms with Crippen LogP contribution in [0.25, 0.3) is 11.4 Å². The zero-order valence-electron chi connectivity index (χ0n) is 19.4. The van der Waals surface area contributed by atoms with Crippen LogP contribution in [0, 0.1) is 6.92 Å². The molecule has 2 saturated heterocycles. The van der Waals surface area contributed by atoms with Gasteiger partial charge in [-0.3, -0.25) is 19.4 Å². The minimum Gasteiger partial charge on any atom is -0.338 e. The van der Waals surface area contributed by atoms with Gasteiger partial charge in [-0.2, -0.15) is 4.98 Å². The molecule has 2 aromatic carbocycles. The Hall–Kier alpha value is -4.05.